The van der Waals surface area contributed by atoms with Gasteiger partial charge in [0.15, 0.2) is 5.82 Å². The summed E-state index contributed by atoms with van der Waals surface area (Å²) >= 11 is 0. The van der Waals surface area contributed by atoms with Gasteiger partial charge in [0, 0.05) is 24.8 Å². The van der Waals surface area contributed by atoms with Crippen LogP contribution >= 0.6 is 0 Å². The summed E-state index contributed by atoms with van der Waals surface area (Å²) in [6.07, 6.45) is 1.23. The van der Waals surface area contributed by atoms with Crippen LogP contribution in [0, 0.1) is 6.92 Å². The van der Waals surface area contributed by atoms with E-state index in [0.717, 1.165) is 49.6 Å². The monoisotopic (exact) mass is 333 g/mol. The minimum Gasteiger partial charge on any atom is -0.356 e. The van der Waals surface area contributed by atoms with E-state index in [1.165, 1.54) is 6.07 Å². The van der Waals surface area contributed by atoms with Gasteiger partial charge in [0.2, 0.25) is 0 Å². The first-order chi connectivity index (χ1) is 11.4. The predicted molar refractivity (Wildman–Crippen MR) is 88.6 cm³/mol. The molecule has 6 heteroatoms. The molecule has 1 aliphatic heterocycles. The van der Waals surface area contributed by atoms with Crippen molar-refractivity contribution in [3.63, 3.8) is 0 Å². The van der Waals surface area contributed by atoms with E-state index in [4.69, 9.17) is 0 Å². The molecule has 0 unspecified atom stereocenters. The second-order valence-electron chi connectivity index (χ2n) is 5.88. The van der Waals surface area contributed by atoms with E-state index < -0.39 is 11.7 Å². The van der Waals surface area contributed by atoms with Gasteiger partial charge in [-0.05, 0) is 43.5 Å². The third-order valence-electron chi connectivity index (χ3n) is 3.93. The third-order valence-corrected chi connectivity index (χ3v) is 3.93. The second kappa shape index (κ2) is 6.63. The van der Waals surface area contributed by atoms with Crippen molar-refractivity contribution < 1.29 is 13.2 Å². The molecule has 1 aromatic carbocycles. The molecule has 0 amide bonds. The summed E-state index contributed by atoms with van der Waals surface area (Å²) in [5, 5.41) is 0. The standard InChI is InChI=1S/C18H18F3N3/c1-13-11-17(24-9-2-3-10-24)23-16(22-13)8-7-14-5-4-6-15(12-14)18(19,20)21/h4-8,11-12H,2-3,9-10H2,1H3/b8-7+. The van der Waals surface area contributed by atoms with Crippen molar-refractivity contribution in [1.82, 2.24) is 9.97 Å². The summed E-state index contributed by atoms with van der Waals surface area (Å²) in [5.41, 5.74) is 0.654. The number of aromatic nitrogens is 2. The van der Waals surface area contributed by atoms with Gasteiger partial charge >= 0.3 is 6.18 Å². The van der Waals surface area contributed by atoms with Crippen LogP contribution in [0.15, 0.2) is 30.3 Å². The Morgan fingerprint density at radius 2 is 1.79 bits per heavy atom. The molecule has 0 aliphatic carbocycles. The molecule has 0 bridgehead atoms. The summed E-state index contributed by atoms with van der Waals surface area (Å²) in [6.45, 7) is 3.85. The molecule has 0 spiro atoms. The lowest BCUT2D eigenvalue weighted by Gasteiger charge is -2.16. The van der Waals surface area contributed by atoms with Crippen molar-refractivity contribution in [3.8, 4) is 0 Å². The van der Waals surface area contributed by atoms with Gasteiger partial charge in [0.1, 0.15) is 5.82 Å². The van der Waals surface area contributed by atoms with Crippen molar-refractivity contribution in [2.45, 2.75) is 25.9 Å². The number of rotatable bonds is 3. The van der Waals surface area contributed by atoms with Crippen LogP contribution in [0.5, 0.6) is 0 Å². The Morgan fingerprint density at radius 3 is 2.50 bits per heavy atom. The van der Waals surface area contributed by atoms with Crippen LogP contribution < -0.4 is 4.90 Å². The minimum atomic E-state index is -4.34. The molecule has 2 aromatic rings. The molecule has 0 N–H and O–H groups in total. The highest BCUT2D eigenvalue weighted by atomic mass is 19.4. The number of alkyl halides is 3. The van der Waals surface area contributed by atoms with Crippen molar-refractivity contribution in [3.05, 3.63) is 53.0 Å². The Balaban J connectivity index is 1.84. The molecule has 0 atom stereocenters. The average Bonchev–Trinajstić information content (AvgIpc) is 3.06. The molecule has 3 rings (SSSR count). The molecule has 1 aromatic heterocycles. The predicted octanol–water partition coefficient (Wildman–Crippen LogP) is 4.57. The number of halogens is 3. The molecule has 126 valence electrons. The van der Waals surface area contributed by atoms with Crippen molar-refractivity contribution in [1.29, 1.82) is 0 Å². The maximum Gasteiger partial charge on any atom is 0.416 e. The van der Waals surface area contributed by atoms with Gasteiger partial charge in [-0.15, -0.1) is 0 Å². The molecule has 1 aliphatic rings. The first kappa shape index (κ1) is 16.5. The van der Waals surface area contributed by atoms with Gasteiger partial charge in [0.05, 0.1) is 5.56 Å². The summed E-state index contributed by atoms with van der Waals surface area (Å²) in [4.78, 5) is 11.1. The SMILES string of the molecule is Cc1cc(N2CCCC2)nc(/C=C/c2cccc(C(F)(F)F)c2)n1. The van der Waals surface area contributed by atoms with Gasteiger partial charge in [-0.1, -0.05) is 18.2 Å². The van der Waals surface area contributed by atoms with E-state index in [9.17, 15) is 13.2 Å². The Morgan fingerprint density at radius 1 is 1.04 bits per heavy atom. The van der Waals surface area contributed by atoms with E-state index in [1.807, 2.05) is 13.0 Å². The zero-order chi connectivity index (χ0) is 17.2. The lowest BCUT2D eigenvalue weighted by Crippen LogP contribution is -2.19. The Hall–Kier alpha value is -2.37. The zero-order valence-electron chi connectivity index (χ0n) is 13.3. The first-order valence-corrected chi connectivity index (χ1v) is 7.88. The lowest BCUT2D eigenvalue weighted by atomic mass is 10.1. The van der Waals surface area contributed by atoms with Crippen LogP contribution in [0.2, 0.25) is 0 Å². The van der Waals surface area contributed by atoms with E-state index in [-0.39, 0.29) is 0 Å². The number of hydrogen-bond donors (Lipinski definition) is 0. The van der Waals surface area contributed by atoms with Gasteiger partial charge in [-0.3, -0.25) is 0 Å². The van der Waals surface area contributed by atoms with E-state index in [2.05, 4.69) is 14.9 Å². The zero-order valence-corrected chi connectivity index (χ0v) is 13.3. The Labute approximate surface area is 138 Å². The summed E-state index contributed by atoms with van der Waals surface area (Å²) < 4.78 is 38.3. The van der Waals surface area contributed by atoms with Crippen LogP contribution in [-0.2, 0) is 6.18 Å². The average molecular weight is 333 g/mol. The number of benzene rings is 1. The smallest absolute Gasteiger partial charge is 0.356 e. The maximum atomic E-state index is 12.8. The van der Waals surface area contributed by atoms with Gasteiger partial charge in [0.25, 0.3) is 0 Å². The van der Waals surface area contributed by atoms with Crippen LogP contribution in [-0.4, -0.2) is 23.1 Å². The number of nitrogens with zero attached hydrogens (tertiary/aromatic N) is 3. The molecule has 0 saturated carbocycles. The molecular formula is C18H18F3N3. The van der Waals surface area contributed by atoms with Crippen molar-refractivity contribution in [2.24, 2.45) is 0 Å². The highest BCUT2D eigenvalue weighted by Gasteiger charge is 2.30. The van der Waals surface area contributed by atoms with Crippen molar-refractivity contribution >= 4 is 18.0 Å². The van der Waals surface area contributed by atoms with Crippen molar-refractivity contribution in [2.75, 3.05) is 18.0 Å². The van der Waals surface area contributed by atoms with E-state index in [0.29, 0.717) is 11.4 Å². The highest BCUT2D eigenvalue weighted by Crippen LogP contribution is 2.29. The fourth-order valence-corrected chi connectivity index (χ4v) is 2.75. The maximum absolute atomic E-state index is 12.8. The number of anilines is 1. The summed E-state index contributed by atoms with van der Waals surface area (Å²) in [5.74, 6) is 1.39. The summed E-state index contributed by atoms with van der Waals surface area (Å²) in [6, 6.07) is 7.14. The van der Waals surface area contributed by atoms with Gasteiger partial charge in [-0.2, -0.15) is 13.2 Å². The molecule has 3 nitrogen and oxygen atoms in total. The van der Waals surface area contributed by atoms with Crippen LogP contribution in [0.3, 0.4) is 0 Å². The topological polar surface area (TPSA) is 29.0 Å². The molecule has 2 heterocycles. The molecule has 1 saturated heterocycles. The minimum absolute atomic E-state index is 0.470. The van der Waals surface area contributed by atoms with Crippen LogP contribution in [0.4, 0.5) is 19.0 Å². The lowest BCUT2D eigenvalue weighted by molar-refractivity contribution is -0.137. The van der Waals surface area contributed by atoms with E-state index >= 15 is 0 Å². The number of hydrogen-bond acceptors (Lipinski definition) is 3. The third kappa shape index (κ3) is 3.93. The molecule has 0 radical (unpaired) electrons. The van der Waals surface area contributed by atoms with Gasteiger partial charge in [-0.25, -0.2) is 9.97 Å². The van der Waals surface area contributed by atoms with Gasteiger partial charge < -0.3 is 4.90 Å². The number of aryl methyl sites for hydroxylation is 1. The Kier molecular flexibility index (Phi) is 4.55. The normalized spacial score (nSPS) is 15.4. The van der Waals surface area contributed by atoms with Crippen LogP contribution in [0.25, 0.3) is 12.2 Å². The fourth-order valence-electron chi connectivity index (χ4n) is 2.75. The second-order valence-corrected chi connectivity index (χ2v) is 5.88. The first-order valence-electron chi connectivity index (χ1n) is 7.88. The summed E-state index contributed by atoms with van der Waals surface area (Å²) in [7, 11) is 0. The van der Waals surface area contributed by atoms with Crippen LogP contribution in [0.1, 0.15) is 35.5 Å². The van der Waals surface area contributed by atoms with E-state index in [1.54, 1.807) is 18.2 Å². The fraction of sp³-hybridized carbons (Fsp3) is 0.333. The molecule has 24 heavy (non-hydrogen) atoms. The highest BCUT2D eigenvalue weighted by molar-refractivity contribution is 5.67. The Bertz CT molecular complexity index is 747. The molecule has 1 fully saturated rings. The molecular weight excluding hydrogens is 315 g/mol. The largest absolute Gasteiger partial charge is 0.416 e. The quantitative estimate of drug-likeness (QED) is 0.823.